The van der Waals surface area contributed by atoms with Gasteiger partial charge in [-0.15, -0.1) is 0 Å². The van der Waals surface area contributed by atoms with Gasteiger partial charge < -0.3 is 10.2 Å². The summed E-state index contributed by atoms with van der Waals surface area (Å²) >= 11 is 3.30. The molecule has 2 atom stereocenters. The number of likely N-dealkylation sites (tertiary alicyclic amines) is 1. The lowest BCUT2D eigenvalue weighted by molar-refractivity contribution is -0.125. The van der Waals surface area contributed by atoms with Crippen molar-refractivity contribution in [2.24, 2.45) is 5.92 Å². The normalized spacial score (nSPS) is 25.2. The van der Waals surface area contributed by atoms with Gasteiger partial charge in [-0.2, -0.15) is 0 Å². The number of hydrogen-bond donors (Lipinski definition) is 1. The number of carbonyl (C=O) groups excluding carboxylic acids is 2. The minimum atomic E-state index is -0.415. The Labute approximate surface area is 130 Å². The zero-order valence-corrected chi connectivity index (χ0v) is 13.0. The number of carbonyl (C=O) groups is 2. The molecule has 0 bridgehead atoms. The number of amides is 2. The molecule has 1 aromatic carbocycles. The van der Waals surface area contributed by atoms with Crippen LogP contribution < -0.4 is 5.32 Å². The summed E-state index contributed by atoms with van der Waals surface area (Å²) in [7, 11) is 0. The van der Waals surface area contributed by atoms with Gasteiger partial charge in [-0.25, -0.2) is 4.39 Å². The molecule has 1 N–H and O–H groups in total. The molecular weight excluding hydrogens is 339 g/mol. The molecule has 6 heteroatoms. The van der Waals surface area contributed by atoms with Gasteiger partial charge in [0, 0.05) is 30.0 Å². The van der Waals surface area contributed by atoms with Gasteiger partial charge in [-0.3, -0.25) is 9.59 Å². The Balaban J connectivity index is 1.74. The molecule has 21 heavy (non-hydrogen) atoms. The largest absolute Gasteiger partial charge is 0.353 e. The molecule has 0 aliphatic carbocycles. The van der Waals surface area contributed by atoms with E-state index >= 15 is 0 Å². The fourth-order valence-electron chi connectivity index (χ4n) is 3.13. The second-order valence-corrected chi connectivity index (χ2v) is 6.49. The molecule has 0 aromatic heterocycles. The van der Waals surface area contributed by atoms with Crippen LogP contribution in [0, 0.1) is 11.7 Å². The van der Waals surface area contributed by atoms with Crippen LogP contribution in [0.25, 0.3) is 0 Å². The fraction of sp³-hybridized carbons (Fsp3) is 0.467. The van der Waals surface area contributed by atoms with Crippen molar-refractivity contribution in [2.75, 3.05) is 13.1 Å². The molecule has 3 rings (SSSR count). The Bertz CT molecular complexity index is 593. The Morgan fingerprint density at radius 1 is 1.38 bits per heavy atom. The molecule has 2 fully saturated rings. The lowest BCUT2D eigenvalue weighted by atomic mass is 9.85. The molecule has 0 spiro atoms. The van der Waals surface area contributed by atoms with Crippen LogP contribution in [0.15, 0.2) is 22.7 Å². The number of nitrogens with zero attached hydrogens (tertiary/aromatic N) is 1. The van der Waals surface area contributed by atoms with E-state index in [4.69, 9.17) is 0 Å². The maximum Gasteiger partial charge on any atom is 0.255 e. The highest BCUT2D eigenvalue weighted by molar-refractivity contribution is 9.10. The third-order valence-corrected chi connectivity index (χ3v) is 4.96. The predicted octanol–water partition coefficient (Wildman–Crippen LogP) is 2.33. The first-order valence-corrected chi connectivity index (χ1v) is 7.87. The van der Waals surface area contributed by atoms with Gasteiger partial charge >= 0.3 is 0 Å². The topological polar surface area (TPSA) is 49.4 Å². The van der Waals surface area contributed by atoms with Gasteiger partial charge in [0.25, 0.3) is 5.91 Å². The number of nitrogens with one attached hydrogen (secondary N) is 1. The van der Waals surface area contributed by atoms with E-state index in [1.54, 1.807) is 11.0 Å². The molecular formula is C15H16BrFN2O2. The summed E-state index contributed by atoms with van der Waals surface area (Å²) in [4.78, 5) is 25.7. The van der Waals surface area contributed by atoms with E-state index in [1.807, 2.05) is 0 Å². The highest BCUT2D eigenvalue weighted by Gasteiger charge is 2.35. The van der Waals surface area contributed by atoms with E-state index in [9.17, 15) is 14.0 Å². The van der Waals surface area contributed by atoms with Crippen LogP contribution in [0.3, 0.4) is 0 Å². The maximum atomic E-state index is 13.3. The number of benzene rings is 1. The van der Waals surface area contributed by atoms with Crippen molar-refractivity contribution in [3.05, 3.63) is 34.1 Å². The van der Waals surface area contributed by atoms with E-state index < -0.39 is 5.82 Å². The van der Waals surface area contributed by atoms with E-state index in [-0.39, 0.29) is 17.9 Å². The van der Waals surface area contributed by atoms with Crippen molar-refractivity contribution in [1.82, 2.24) is 10.2 Å². The third-order valence-electron chi connectivity index (χ3n) is 4.27. The van der Waals surface area contributed by atoms with Gasteiger partial charge in [-0.1, -0.05) is 0 Å². The summed E-state index contributed by atoms with van der Waals surface area (Å²) in [5.41, 5.74) is 0.355. The lowest BCUT2D eigenvalue weighted by Crippen LogP contribution is -2.55. The minimum absolute atomic E-state index is 0.101. The van der Waals surface area contributed by atoms with Gasteiger partial charge in [0.05, 0.1) is 5.56 Å². The summed E-state index contributed by atoms with van der Waals surface area (Å²) in [5.74, 6) is -0.172. The van der Waals surface area contributed by atoms with Gasteiger partial charge in [-0.05, 0) is 52.9 Å². The first kappa shape index (κ1) is 14.5. The second-order valence-electron chi connectivity index (χ2n) is 5.64. The molecule has 2 aliphatic rings. The number of rotatable bonds is 1. The minimum Gasteiger partial charge on any atom is -0.353 e. The van der Waals surface area contributed by atoms with Crippen molar-refractivity contribution >= 4 is 27.7 Å². The zero-order valence-electron chi connectivity index (χ0n) is 11.4. The standard InChI is InChI=1S/C15H16BrFN2O2/c16-12-3-2-10(17)7-11(12)15(21)19-6-5-13-9(8-19)1-4-14(20)18-13/h2-3,7,9,13H,1,4-6,8H2,(H,18,20). The van der Waals surface area contributed by atoms with Crippen molar-refractivity contribution in [2.45, 2.75) is 25.3 Å². The summed E-state index contributed by atoms with van der Waals surface area (Å²) in [6.07, 6.45) is 2.09. The number of halogens is 2. The maximum absolute atomic E-state index is 13.3. The molecule has 0 saturated carbocycles. The Kier molecular flexibility index (Phi) is 3.97. The van der Waals surface area contributed by atoms with Crippen LogP contribution in [0.5, 0.6) is 0 Å². The van der Waals surface area contributed by atoms with Crippen LogP contribution in [0.1, 0.15) is 29.6 Å². The molecule has 2 heterocycles. The van der Waals surface area contributed by atoms with Crippen LogP contribution in [-0.2, 0) is 4.79 Å². The molecule has 1 aromatic rings. The summed E-state index contributed by atoms with van der Waals surface area (Å²) in [6.45, 7) is 1.20. The monoisotopic (exact) mass is 354 g/mol. The average molecular weight is 355 g/mol. The highest BCUT2D eigenvalue weighted by Crippen LogP contribution is 2.27. The molecule has 0 radical (unpaired) electrons. The summed E-state index contributed by atoms with van der Waals surface area (Å²) < 4.78 is 14.0. The van der Waals surface area contributed by atoms with Crippen LogP contribution in [0.2, 0.25) is 0 Å². The van der Waals surface area contributed by atoms with E-state index in [1.165, 1.54) is 12.1 Å². The fourth-order valence-corrected chi connectivity index (χ4v) is 3.54. The molecule has 2 amide bonds. The average Bonchev–Trinajstić information content (AvgIpc) is 2.48. The first-order valence-electron chi connectivity index (χ1n) is 7.08. The smallest absolute Gasteiger partial charge is 0.255 e. The number of hydrogen-bond acceptors (Lipinski definition) is 2. The quantitative estimate of drug-likeness (QED) is 0.841. The highest BCUT2D eigenvalue weighted by atomic mass is 79.9. The van der Waals surface area contributed by atoms with Crippen LogP contribution in [-0.4, -0.2) is 35.8 Å². The van der Waals surface area contributed by atoms with Crippen molar-refractivity contribution < 1.29 is 14.0 Å². The summed E-state index contributed by atoms with van der Waals surface area (Å²) in [5, 5.41) is 2.99. The molecule has 2 saturated heterocycles. The van der Waals surface area contributed by atoms with Gasteiger partial charge in [0.15, 0.2) is 0 Å². The Hall–Kier alpha value is -1.43. The van der Waals surface area contributed by atoms with Crippen molar-refractivity contribution in [1.29, 1.82) is 0 Å². The van der Waals surface area contributed by atoms with Crippen molar-refractivity contribution in [3.63, 3.8) is 0 Å². The molecule has 112 valence electrons. The number of fused-ring (bicyclic) bond motifs is 1. The van der Waals surface area contributed by atoms with E-state index in [0.717, 1.165) is 12.8 Å². The SMILES string of the molecule is O=C1CCC2CN(C(=O)c3cc(F)ccc3Br)CCC2N1. The molecule has 2 aliphatic heterocycles. The van der Waals surface area contributed by atoms with Crippen LogP contribution >= 0.6 is 15.9 Å². The van der Waals surface area contributed by atoms with E-state index in [2.05, 4.69) is 21.2 Å². The van der Waals surface area contributed by atoms with Crippen molar-refractivity contribution in [3.8, 4) is 0 Å². The lowest BCUT2D eigenvalue weighted by Gasteiger charge is -2.41. The van der Waals surface area contributed by atoms with Gasteiger partial charge in [0.2, 0.25) is 5.91 Å². The predicted molar refractivity (Wildman–Crippen MR) is 79.3 cm³/mol. The van der Waals surface area contributed by atoms with Crippen LogP contribution in [0.4, 0.5) is 4.39 Å². The number of piperidine rings is 2. The second kappa shape index (κ2) is 5.75. The summed E-state index contributed by atoms with van der Waals surface area (Å²) in [6, 6.07) is 4.31. The zero-order chi connectivity index (χ0) is 15.0. The Morgan fingerprint density at radius 2 is 2.19 bits per heavy atom. The third kappa shape index (κ3) is 2.95. The van der Waals surface area contributed by atoms with Gasteiger partial charge in [0.1, 0.15) is 5.82 Å². The first-order chi connectivity index (χ1) is 10.0. The molecule has 4 nitrogen and oxygen atoms in total. The molecule has 2 unspecified atom stereocenters. The Morgan fingerprint density at radius 3 is 3.00 bits per heavy atom. The van der Waals surface area contributed by atoms with E-state index in [0.29, 0.717) is 35.5 Å².